The van der Waals surface area contributed by atoms with Gasteiger partial charge < -0.3 is 9.47 Å². The molecule has 122 valence electrons. The molecule has 0 spiro atoms. The summed E-state index contributed by atoms with van der Waals surface area (Å²) in [5, 5.41) is 4.41. The summed E-state index contributed by atoms with van der Waals surface area (Å²) in [5.41, 5.74) is 1.43. The minimum absolute atomic E-state index is 0.206. The Bertz CT molecular complexity index is 605. The van der Waals surface area contributed by atoms with Crippen LogP contribution in [0.5, 0.6) is 5.75 Å². The quantitative estimate of drug-likeness (QED) is 0.842. The first-order valence-electron chi connectivity index (χ1n) is 8.32. The Kier molecular flexibility index (Phi) is 4.60. The van der Waals surface area contributed by atoms with Gasteiger partial charge in [0.1, 0.15) is 12.4 Å². The number of pyridine rings is 1. The van der Waals surface area contributed by atoms with E-state index in [0.717, 1.165) is 31.7 Å². The van der Waals surface area contributed by atoms with Gasteiger partial charge in [-0.05, 0) is 53.8 Å². The molecule has 0 bridgehead atoms. The summed E-state index contributed by atoms with van der Waals surface area (Å²) < 4.78 is 12.1. The summed E-state index contributed by atoms with van der Waals surface area (Å²) >= 11 is 1.78. The van der Waals surface area contributed by atoms with Crippen LogP contribution in [0, 0.1) is 0 Å². The van der Waals surface area contributed by atoms with Crippen molar-refractivity contribution in [2.24, 2.45) is 0 Å². The Morgan fingerprint density at radius 1 is 1.30 bits per heavy atom. The standard InChI is InChI=1S/C18H22N2O2S/c1-2-15(10-19-7-1)21-12-16-3-4-17-18(22-16)5-8-20(17)11-14-6-9-23-13-14/h1-2,6-7,9-10,13,16-18H,3-5,8,11-12H2/t16-,17-,18-/m0/s1. The summed E-state index contributed by atoms with van der Waals surface area (Å²) in [5.74, 6) is 0.823. The van der Waals surface area contributed by atoms with Crippen LogP contribution < -0.4 is 4.74 Å². The van der Waals surface area contributed by atoms with E-state index in [1.165, 1.54) is 12.0 Å². The zero-order valence-electron chi connectivity index (χ0n) is 13.1. The van der Waals surface area contributed by atoms with E-state index in [1.54, 1.807) is 23.7 Å². The zero-order chi connectivity index (χ0) is 15.5. The van der Waals surface area contributed by atoms with Crippen molar-refractivity contribution >= 4 is 11.3 Å². The number of aromatic nitrogens is 1. The van der Waals surface area contributed by atoms with Gasteiger partial charge in [0.25, 0.3) is 0 Å². The van der Waals surface area contributed by atoms with Gasteiger partial charge in [0.05, 0.1) is 18.4 Å². The first-order valence-corrected chi connectivity index (χ1v) is 9.26. The number of hydrogen-bond acceptors (Lipinski definition) is 5. The third-order valence-corrected chi connectivity index (χ3v) is 5.52. The minimum Gasteiger partial charge on any atom is -0.489 e. The summed E-state index contributed by atoms with van der Waals surface area (Å²) in [6.45, 7) is 2.83. The van der Waals surface area contributed by atoms with Gasteiger partial charge in [-0.2, -0.15) is 11.3 Å². The smallest absolute Gasteiger partial charge is 0.137 e. The van der Waals surface area contributed by atoms with Gasteiger partial charge in [0.15, 0.2) is 0 Å². The van der Waals surface area contributed by atoms with E-state index in [4.69, 9.17) is 9.47 Å². The molecule has 23 heavy (non-hydrogen) atoms. The van der Waals surface area contributed by atoms with Crippen LogP contribution in [-0.4, -0.2) is 41.3 Å². The highest BCUT2D eigenvalue weighted by Gasteiger charge is 2.39. The Labute approximate surface area is 141 Å². The summed E-state index contributed by atoms with van der Waals surface area (Å²) in [6.07, 6.45) is 7.50. The van der Waals surface area contributed by atoms with Crippen molar-refractivity contribution in [3.05, 3.63) is 46.9 Å². The lowest BCUT2D eigenvalue weighted by molar-refractivity contribution is -0.0841. The second-order valence-corrected chi connectivity index (χ2v) is 7.11. The van der Waals surface area contributed by atoms with Crippen molar-refractivity contribution in [1.82, 2.24) is 9.88 Å². The van der Waals surface area contributed by atoms with Crippen molar-refractivity contribution in [3.8, 4) is 5.75 Å². The van der Waals surface area contributed by atoms with E-state index < -0.39 is 0 Å². The Balaban J connectivity index is 1.29. The molecule has 0 amide bonds. The maximum atomic E-state index is 6.30. The molecular weight excluding hydrogens is 308 g/mol. The van der Waals surface area contributed by atoms with Crippen molar-refractivity contribution in [3.63, 3.8) is 0 Å². The molecule has 0 radical (unpaired) electrons. The van der Waals surface area contributed by atoms with Gasteiger partial charge >= 0.3 is 0 Å². The van der Waals surface area contributed by atoms with E-state index >= 15 is 0 Å². The largest absolute Gasteiger partial charge is 0.489 e. The molecule has 0 saturated carbocycles. The molecule has 2 aromatic rings. The van der Waals surface area contributed by atoms with E-state index in [9.17, 15) is 0 Å². The maximum Gasteiger partial charge on any atom is 0.137 e. The number of nitrogens with zero attached hydrogens (tertiary/aromatic N) is 2. The molecule has 2 saturated heterocycles. The number of fused-ring (bicyclic) bond motifs is 1. The van der Waals surface area contributed by atoms with Crippen LogP contribution in [0.1, 0.15) is 24.8 Å². The normalized spacial score (nSPS) is 27.7. The monoisotopic (exact) mass is 330 g/mol. The Hall–Kier alpha value is -1.43. The highest BCUT2D eigenvalue weighted by atomic mass is 32.1. The lowest BCUT2D eigenvalue weighted by atomic mass is 9.99. The minimum atomic E-state index is 0.206. The number of rotatable bonds is 5. The zero-order valence-corrected chi connectivity index (χ0v) is 14.0. The van der Waals surface area contributed by atoms with Crippen LogP contribution in [0.2, 0.25) is 0 Å². The molecule has 0 unspecified atom stereocenters. The molecule has 2 aromatic heterocycles. The number of likely N-dealkylation sites (tertiary alicyclic amines) is 1. The van der Waals surface area contributed by atoms with Gasteiger partial charge in [0.2, 0.25) is 0 Å². The van der Waals surface area contributed by atoms with Gasteiger partial charge in [-0.1, -0.05) is 0 Å². The van der Waals surface area contributed by atoms with E-state index in [1.807, 2.05) is 12.1 Å². The predicted molar refractivity (Wildman–Crippen MR) is 90.8 cm³/mol. The molecule has 0 aromatic carbocycles. The molecule has 2 aliphatic rings. The van der Waals surface area contributed by atoms with Gasteiger partial charge in [0, 0.05) is 25.3 Å². The topological polar surface area (TPSA) is 34.6 Å². The van der Waals surface area contributed by atoms with Crippen molar-refractivity contribution < 1.29 is 9.47 Å². The lowest BCUT2D eigenvalue weighted by Crippen LogP contribution is -2.43. The van der Waals surface area contributed by atoms with Crippen molar-refractivity contribution in [2.45, 2.75) is 44.1 Å². The van der Waals surface area contributed by atoms with Crippen molar-refractivity contribution in [1.29, 1.82) is 0 Å². The van der Waals surface area contributed by atoms with Gasteiger partial charge in [-0.25, -0.2) is 0 Å². The first kappa shape index (κ1) is 15.1. The SMILES string of the molecule is c1cncc(OC[C@@H]2CC[C@H]3[C@H](CCN3Cc3ccsc3)O2)c1. The second-order valence-electron chi connectivity index (χ2n) is 6.33. The van der Waals surface area contributed by atoms with Crippen LogP contribution >= 0.6 is 11.3 Å². The van der Waals surface area contributed by atoms with Gasteiger partial charge in [-0.15, -0.1) is 0 Å². The highest BCUT2D eigenvalue weighted by molar-refractivity contribution is 7.07. The van der Waals surface area contributed by atoms with E-state index in [2.05, 4.69) is 26.7 Å². The molecule has 4 rings (SSSR count). The fourth-order valence-electron chi connectivity index (χ4n) is 3.64. The summed E-state index contributed by atoms with van der Waals surface area (Å²) in [7, 11) is 0. The molecule has 2 aliphatic heterocycles. The third kappa shape index (κ3) is 3.57. The fourth-order valence-corrected chi connectivity index (χ4v) is 4.30. The summed E-state index contributed by atoms with van der Waals surface area (Å²) in [6, 6.07) is 6.64. The van der Waals surface area contributed by atoms with E-state index in [-0.39, 0.29) is 6.10 Å². The summed E-state index contributed by atoms with van der Waals surface area (Å²) in [4.78, 5) is 6.66. The highest BCUT2D eigenvalue weighted by Crippen LogP contribution is 2.32. The predicted octanol–water partition coefficient (Wildman–Crippen LogP) is 3.34. The molecular formula is C18H22N2O2S. The first-order chi connectivity index (χ1) is 11.4. The molecule has 3 atom stereocenters. The third-order valence-electron chi connectivity index (χ3n) is 4.79. The van der Waals surface area contributed by atoms with Crippen LogP contribution in [0.15, 0.2) is 41.4 Å². The Morgan fingerprint density at radius 2 is 2.30 bits per heavy atom. The van der Waals surface area contributed by atoms with Crippen molar-refractivity contribution in [2.75, 3.05) is 13.2 Å². The average Bonchev–Trinajstić information content (AvgIpc) is 3.24. The number of hydrogen-bond donors (Lipinski definition) is 0. The number of thiophene rings is 1. The molecule has 0 N–H and O–H groups in total. The van der Waals surface area contributed by atoms with E-state index in [0.29, 0.717) is 18.8 Å². The molecule has 2 fully saturated rings. The lowest BCUT2D eigenvalue weighted by Gasteiger charge is -2.35. The molecule has 0 aliphatic carbocycles. The van der Waals surface area contributed by atoms with Crippen LogP contribution in [0.3, 0.4) is 0 Å². The van der Waals surface area contributed by atoms with Gasteiger partial charge in [-0.3, -0.25) is 9.88 Å². The Morgan fingerprint density at radius 3 is 3.13 bits per heavy atom. The van der Waals surface area contributed by atoms with Crippen LogP contribution in [-0.2, 0) is 11.3 Å². The average molecular weight is 330 g/mol. The second kappa shape index (κ2) is 6.99. The number of ether oxygens (including phenoxy) is 2. The van der Waals surface area contributed by atoms with Crippen LogP contribution in [0.4, 0.5) is 0 Å². The molecule has 4 nitrogen and oxygen atoms in total. The fraction of sp³-hybridized carbons (Fsp3) is 0.500. The maximum absolute atomic E-state index is 6.30. The van der Waals surface area contributed by atoms with Crippen LogP contribution in [0.25, 0.3) is 0 Å². The molecule has 5 heteroatoms. The molecule has 4 heterocycles.